The van der Waals surface area contributed by atoms with E-state index in [1.807, 2.05) is 0 Å². The molecular formula is C6H8N2O4S. The first-order chi connectivity index (χ1) is 5.95. The lowest BCUT2D eigenvalue weighted by Crippen LogP contribution is -2.09. The molecule has 1 rings (SSSR count). The van der Waals surface area contributed by atoms with Crippen LogP contribution < -0.4 is 0 Å². The molecule has 0 radical (unpaired) electrons. The summed E-state index contributed by atoms with van der Waals surface area (Å²) in [5.74, 6) is -0.213. The Kier molecular flexibility index (Phi) is 2.46. The Hall–Kier alpha value is -1.24. The molecule has 72 valence electrons. The van der Waals surface area contributed by atoms with Crippen molar-refractivity contribution in [1.82, 2.24) is 10.1 Å². The number of aldehydes is 1. The van der Waals surface area contributed by atoms with Gasteiger partial charge in [0.05, 0.1) is 0 Å². The number of aromatic nitrogens is 2. The lowest BCUT2D eigenvalue weighted by atomic mass is 10.4. The van der Waals surface area contributed by atoms with Crippen LogP contribution in [-0.2, 0) is 9.84 Å². The minimum absolute atomic E-state index is 0.00426. The second-order valence-electron chi connectivity index (χ2n) is 2.58. The zero-order chi connectivity index (χ0) is 10.1. The van der Waals surface area contributed by atoms with Gasteiger partial charge in [0.2, 0.25) is 6.29 Å². The van der Waals surface area contributed by atoms with E-state index in [2.05, 4.69) is 14.7 Å². The van der Waals surface area contributed by atoms with E-state index in [1.54, 1.807) is 0 Å². The van der Waals surface area contributed by atoms with Crippen molar-refractivity contribution in [3.8, 4) is 0 Å². The largest absolute Gasteiger partial charge is 0.331 e. The summed E-state index contributed by atoms with van der Waals surface area (Å²) in [4.78, 5) is 13.7. The molecule has 0 aliphatic carbocycles. The van der Waals surface area contributed by atoms with Crippen molar-refractivity contribution >= 4 is 16.1 Å². The molecule has 0 fully saturated rings. The van der Waals surface area contributed by atoms with Gasteiger partial charge < -0.3 is 4.52 Å². The average molecular weight is 204 g/mol. The van der Waals surface area contributed by atoms with E-state index in [0.717, 1.165) is 6.26 Å². The molecule has 0 N–H and O–H groups in total. The summed E-state index contributed by atoms with van der Waals surface area (Å²) in [6.45, 7) is 1.43. The van der Waals surface area contributed by atoms with Crippen LogP contribution in [0.3, 0.4) is 0 Å². The summed E-state index contributed by atoms with van der Waals surface area (Å²) in [5.41, 5.74) is 0. The first-order valence-electron chi connectivity index (χ1n) is 3.43. The van der Waals surface area contributed by atoms with Crippen LogP contribution in [0.2, 0.25) is 0 Å². The highest BCUT2D eigenvalue weighted by molar-refractivity contribution is 7.90. The fourth-order valence-corrected chi connectivity index (χ4v) is 1.13. The fourth-order valence-electron chi connectivity index (χ4n) is 0.652. The zero-order valence-electron chi connectivity index (χ0n) is 7.09. The molecule has 1 unspecified atom stereocenters. The molecule has 1 heterocycles. The summed E-state index contributed by atoms with van der Waals surface area (Å²) in [6.07, 6.45) is 1.43. The number of nitrogens with zero attached hydrogens (tertiary/aromatic N) is 2. The first-order valence-corrected chi connectivity index (χ1v) is 5.38. The minimum atomic E-state index is -3.25. The van der Waals surface area contributed by atoms with Gasteiger partial charge in [-0.2, -0.15) is 4.98 Å². The molecule has 7 heteroatoms. The summed E-state index contributed by atoms with van der Waals surface area (Å²) in [5, 5.41) is 2.50. The molecule has 0 aromatic carbocycles. The molecule has 0 spiro atoms. The smallest absolute Gasteiger partial charge is 0.290 e. The highest BCUT2D eigenvalue weighted by atomic mass is 32.2. The Morgan fingerprint density at radius 1 is 1.54 bits per heavy atom. The highest BCUT2D eigenvalue weighted by Gasteiger charge is 2.22. The average Bonchev–Trinajstić information content (AvgIpc) is 2.48. The van der Waals surface area contributed by atoms with Gasteiger partial charge in [-0.25, -0.2) is 8.42 Å². The number of hydrogen-bond acceptors (Lipinski definition) is 6. The standard InChI is InChI=1S/C6H8N2O4S/c1-4(13(2,10)11)6-7-5(3-9)12-8-6/h3-4H,1-2H3. The number of sulfone groups is 1. The second-order valence-corrected chi connectivity index (χ2v) is 4.95. The Balaban J connectivity index is 3.02. The maximum absolute atomic E-state index is 11.0. The zero-order valence-corrected chi connectivity index (χ0v) is 7.91. The van der Waals surface area contributed by atoms with Gasteiger partial charge >= 0.3 is 0 Å². The van der Waals surface area contributed by atoms with Crippen molar-refractivity contribution in [3.05, 3.63) is 11.7 Å². The molecule has 0 aliphatic heterocycles. The van der Waals surface area contributed by atoms with Gasteiger partial charge in [0.25, 0.3) is 5.89 Å². The van der Waals surface area contributed by atoms with E-state index in [0.29, 0.717) is 6.29 Å². The van der Waals surface area contributed by atoms with E-state index in [-0.39, 0.29) is 11.7 Å². The van der Waals surface area contributed by atoms with E-state index < -0.39 is 15.1 Å². The summed E-state index contributed by atoms with van der Waals surface area (Å²) in [7, 11) is -3.25. The first kappa shape index (κ1) is 9.85. The number of hydrogen-bond donors (Lipinski definition) is 0. The number of carbonyl (C=O) groups excluding carboxylic acids is 1. The Morgan fingerprint density at radius 2 is 2.15 bits per heavy atom. The van der Waals surface area contributed by atoms with Gasteiger partial charge in [-0.3, -0.25) is 4.79 Å². The lowest BCUT2D eigenvalue weighted by molar-refractivity contribution is 0.108. The summed E-state index contributed by atoms with van der Waals surface area (Å²) in [6, 6.07) is 0. The quantitative estimate of drug-likeness (QED) is 0.643. The van der Waals surface area contributed by atoms with Gasteiger partial charge in [0.15, 0.2) is 15.7 Å². The van der Waals surface area contributed by atoms with Gasteiger partial charge in [-0.05, 0) is 6.92 Å². The van der Waals surface area contributed by atoms with Crippen LogP contribution in [-0.4, -0.2) is 31.1 Å². The van der Waals surface area contributed by atoms with Crippen molar-refractivity contribution in [1.29, 1.82) is 0 Å². The lowest BCUT2D eigenvalue weighted by Gasteiger charge is -2.01. The third-order valence-corrected chi connectivity index (χ3v) is 3.06. The van der Waals surface area contributed by atoms with Gasteiger partial charge in [-0.1, -0.05) is 5.16 Å². The van der Waals surface area contributed by atoms with Crippen LogP contribution in [0, 0.1) is 0 Å². The van der Waals surface area contributed by atoms with E-state index in [1.165, 1.54) is 6.92 Å². The predicted octanol–water partition coefficient (Wildman–Crippen LogP) is -0.0123. The van der Waals surface area contributed by atoms with Crippen LogP contribution in [0.4, 0.5) is 0 Å². The van der Waals surface area contributed by atoms with Crippen molar-refractivity contribution in [2.75, 3.05) is 6.26 Å². The Labute approximate surface area is 74.9 Å². The molecule has 1 aromatic heterocycles. The van der Waals surface area contributed by atoms with E-state index in [4.69, 9.17) is 0 Å². The molecule has 1 aromatic rings. The molecule has 13 heavy (non-hydrogen) atoms. The third-order valence-electron chi connectivity index (χ3n) is 1.56. The van der Waals surface area contributed by atoms with Crippen molar-refractivity contribution in [3.63, 3.8) is 0 Å². The van der Waals surface area contributed by atoms with E-state index >= 15 is 0 Å². The van der Waals surface area contributed by atoms with Gasteiger partial charge in [0.1, 0.15) is 5.25 Å². The number of carbonyl (C=O) groups is 1. The van der Waals surface area contributed by atoms with Crippen LogP contribution >= 0.6 is 0 Å². The summed E-state index contributed by atoms with van der Waals surface area (Å²) >= 11 is 0. The van der Waals surface area contributed by atoms with Crippen LogP contribution in [0.1, 0.15) is 28.7 Å². The van der Waals surface area contributed by atoms with Gasteiger partial charge in [-0.15, -0.1) is 0 Å². The Bertz CT molecular complexity index is 408. The maximum Gasteiger partial charge on any atom is 0.290 e. The monoisotopic (exact) mass is 204 g/mol. The molecule has 0 saturated heterocycles. The number of rotatable bonds is 3. The highest BCUT2D eigenvalue weighted by Crippen LogP contribution is 2.16. The van der Waals surface area contributed by atoms with Crippen molar-refractivity contribution in [2.45, 2.75) is 12.2 Å². The molecular weight excluding hydrogens is 196 g/mol. The van der Waals surface area contributed by atoms with Gasteiger partial charge in [0, 0.05) is 6.26 Å². The Morgan fingerprint density at radius 3 is 2.54 bits per heavy atom. The normalized spacial score (nSPS) is 14.0. The van der Waals surface area contributed by atoms with E-state index in [9.17, 15) is 13.2 Å². The topological polar surface area (TPSA) is 90.1 Å². The second kappa shape index (κ2) is 3.25. The van der Waals surface area contributed by atoms with Crippen molar-refractivity contribution in [2.24, 2.45) is 0 Å². The minimum Gasteiger partial charge on any atom is -0.331 e. The molecule has 0 amide bonds. The fraction of sp³-hybridized carbons (Fsp3) is 0.500. The molecule has 0 aliphatic rings. The third kappa shape index (κ3) is 2.11. The predicted molar refractivity (Wildman–Crippen MR) is 42.9 cm³/mol. The van der Waals surface area contributed by atoms with Crippen LogP contribution in [0.15, 0.2) is 4.52 Å². The van der Waals surface area contributed by atoms with Crippen molar-refractivity contribution < 1.29 is 17.7 Å². The molecule has 1 atom stereocenters. The van der Waals surface area contributed by atoms with Crippen LogP contribution in [0.5, 0.6) is 0 Å². The molecule has 6 nitrogen and oxygen atoms in total. The summed E-state index contributed by atoms with van der Waals surface area (Å²) < 4.78 is 26.5. The molecule has 0 saturated carbocycles. The molecule has 0 bridgehead atoms. The maximum atomic E-state index is 11.0. The van der Waals surface area contributed by atoms with Crippen LogP contribution in [0.25, 0.3) is 0 Å². The SMILES string of the molecule is CC(c1noc(C=O)n1)S(C)(=O)=O.